The summed E-state index contributed by atoms with van der Waals surface area (Å²) in [6.07, 6.45) is -0.177. The highest BCUT2D eigenvalue weighted by atomic mass is 35.5. The molecule has 1 aromatic carbocycles. The minimum atomic E-state index is -0.177. The number of nitrogens with zero attached hydrogens (tertiary/aromatic N) is 1. The first kappa shape index (κ1) is 13.6. The van der Waals surface area contributed by atoms with E-state index in [0.29, 0.717) is 18.2 Å². The summed E-state index contributed by atoms with van der Waals surface area (Å²) in [7, 11) is 0. The first-order chi connectivity index (χ1) is 8.65. The minimum absolute atomic E-state index is 0.00523. The van der Waals surface area contributed by atoms with Crippen molar-refractivity contribution in [3.8, 4) is 0 Å². The molecule has 0 bridgehead atoms. The van der Waals surface area contributed by atoms with Crippen LogP contribution in [-0.4, -0.2) is 42.1 Å². The third kappa shape index (κ3) is 2.78. The Kier molecular flexibility index (Phi) is 4.45. The van der Waals surface area contributed by atoms with Gasteiger partial charge in [0.25, 0.3) is 0 Å². The maximum Gasteiger partial charge on any atom is 0.0981 e. The highest BCUT2D eigenvalue weighted by molar-refractivity contribution is 6.30. The van der Waals surface area contributed by atoms with Crippen LogP contribution in [0.15, 0.2) is 18.2 Å². The molecular weight excluding hydrogens is 254 g/mol. The zero-order chi connectivity index (χ0) is 13.1. The number of halogens is 1. The highest BCUT2D eigenvalue weighted by Crippen LogP contribution is 2.28. The second kappa shape index (κ2) is 5.89. The zero-order valence-corrected chi connectivity index (χ0v) is 11.1. The molecular formula is C13H18ClNO3. The molecule has 18 heavy (non-hydrogen) atoms. The number of morpholine rings is 1. The molecule has 0 saturated carbocycles. The summed E-state index contributed by atoms with van der Waals surface area (Å²) in [6, 6.07) is 5.70. The van der Waals surface area contributed by atoms with Crippen LogP contribution in [0.25, 0.3) is 0 Å². The number of aliphatic hydroxyl groups is 2. The lowest BCUT2D eigenvalue weighted by Crippen LogP contribution is -2.50. The Balaban J connectivity index is 2.28. The lowest BCUT2D eigenvalue weighted by molar-refractivity contribution is -0.0104. The van der Waals surface area contributed by atoms with Crippen LogP contribution in [0.2, 0.25) is 5.02 Å². The van der Waals surface area contributed by atoms with Crippen molar-refractivity contribution in [2.24, 2.45) is 0 Å². The molecule has 5 heteroatoms. The minimum Gasteiger partial charge on any atom is -0.394 e. The zero-order valence-electron chi connectivity index (χ0n) is 10.3. The van der Waals surface area contributed by atoms with Gasteiger partial charge in [0.1, 0.15) is 0 Å². The Hall–Kier alpha value is -0.810. The van der Waals surface area contributed by atoms with E-state index < -0.39 is 0 Å². The van der Waals surface area contributed by atoms with Gasteiger partial charge < -0.3 is 19.8 Å². The molecule has 0 radical (unpaired) electrons. The topological polar surface area (TPSA) is 52.9 Å². The van der Waals surface area contributed by atoms with E-state index in [1.807, 2.05) is 12.1 Å². The van der Waals surface area contributed by atoms with Gasteiger partial charge in [-0.25, -0.2) is 0 Å². The average molecular weight is 272 g/mol. The van der Waals surface area contributed by atoms with Crippen molar-refractivity contribution >= 4 is 17.3 Å². The largest absolute Gasteiger partial charge is 0.394 e. The summed E-state index contributed by atoms with van der Waals surface area (Å²) in [5.41, 5.74) is 1.75. The molecule has 2 N–H and O–H groups in total. The molecule has 1 fully saturated rings. The molecule has 1 aromatic rings. The van der Waals surface area contributed by atoms with Crippen LogP contribution < -0.4 is 4.90 Å². The normalized spacial score (nSPS) is 24.3. The number of ether oxygens (including phenoxy) is 1. The van der Waals surface area contributed by atoms with E-state index in [4.69, 9.17) is 16.3 Å². The molecule has 2 unspecified atom stereocenters. The SMILES string of the molecule is CC1COC(CO)CN1c1ccc(Cl)cc1CO. The lowest BCUT2D eigenvalue weighted by Gasteiger charge is -2.40. The summed E-state index contributed by atoms with van der Waals surface area (Å²) in [5, 5.41) is 19.2. The maximum atomic E-state index is 9.42. The van der Waals surface area contributed by atoms with Crippen LogP contribution >= 0.6 is 11.6 Å². The quantitative estimate of drug-likeness (QED) is 0.873. The second-order valence-corrected chi connectivity index (χ2v) is 5.01. The average Bonchev–Trinajstić information content (AvgIpc) is 2.39. The van der Waals surface area contributed by atoms with Gasteiger partial charge in [0.15, 0.2) is 0 Å². The van der Waals surface area contributed by atoms with Crippen molar-refractivity contribution in [1.82, 2.24) is 0 Å². The fraction of sp³-hybridized carbons (Fsp3) is 0.538. The van der Waals surface area contributed by atoms with Gasteiger partial charge >= 0.3 is 0 Å². The van der Waals surface area contributed by atoms with Crippen molar-refractivity contribution in [2.75, 3.05) is 24.7 Å². The van der Waals surface area contributed by atoms with Crippen LogP contribution in [0.5, 0.6) is 0 Å². The third-order valence-corrected chi connectivity index (χ3v) is 3.47. The molecule has 1 aliphatic heterocycles. The molecule has 100 valence electrons. The van der Waals surface area contributed by atoms with Gasteiger partial charge in [-0.15, -0.1) is 0 Å². The molecule has 1 saturated heterocycles. The van der Waals surface area contributed by atoms with Gasteiger partial charge in [0.2, 0.25) is 0 Å². The first-order valence-corrected chi connectivity index (χ1v) is 6.42. The number of benzene rings is 1. The molecule has 1 heterocycles. The molecule has 2 atom stereocenters. The standard InChI is InChI=1S/C13H18ClNO3/c1-9-8-18-12(7-17)5-15(9)13-3-2-11(14)4-10(13)6-16/h2-4,9,12,16-17H,5-8H2,1H3. The predicted octanol–water partition coefficient (Wildman–Crippen LogP) is 1.42. The first-order valence-electron chi connectivity index (χ1n) is 6.04. The van der Waals surface area contributed by atoms with E-state index in [9.17, 15) is 10.2 Å². The Morgan fingerprint density at radius 2 is 2.22 bits per heavy atom. The van der Waals surface area contributed by atoms with Crippen LogP contribution in [0.4, 0.5) is 5.69 Å². The van der Waals surface area contributed by atoms with Crippen molar-refractivity contribution in [2.45, 2.75) is 25.7 Å². The number of hydrogen-bond acceptors (Lipinski definition) is 4. The van der Waals surface area contributed by atoms with Crippen LogP contribution in [-0.2, 0) is 11.3 Å². The summed E-state index contributed by atoms with van der Waals surface area (Å²) < 4.78 is 5.51. The smallest absolute Gasteiger partial charge is 0.0981 e. The van der Waals surface area contributed by atoms with E-state index in [-0.39, 0.29) is 25.4 Å². The van der Waals surface area contributed by atoms with Gasteiger partial charge in [-0.2, -0.15) is 0 Å². The van der Waals surface area contributed by atoms with E-state index in [0.717, 1.165) is 11.3 Å². The number of rotatable bonds is 3. The van der Waals surface area contributed by atoms with Crippen molar-refractivity contribution in [3.05, 3.63) is 28.8 Å². The summed E-state index contributed by atoms with van der Waals surface area (Å²) in [6.45, 7) is 3.20. The molecule has 0 aliphatic carbocycles. The Morgan fingerprint density at radius 1 is 1.44 bits per heavy atom. The van der Waals surface area contributed by atoms with Crippen LogP contribution in [0.1, 0.15) is 12.5 Å². The summed E-state index contributed by atoms with van der Waals surface area (Å²) >= 11 is 5.93. The highest BCUT2D eigenvalue weighted by Gasteiger charge is 2.27. The fourth-order valence-corrected chi connectivity index (χ4v) is 2.42. The second-order valence-electron chi connectivity index (χ2n) is 4.57. The number of hydrogen-bond donors (Lipinski definition) is 2. The Labute approximate surface area is 112 Å². The van der Waals surface area contributed by atoms with E-state index in [1.165, 1.54) is 0 Å². The van der Waals surface area contributed by atoms with Crippen molar-refractivity contribution < 1.29 is 14.9 Å². The molecule has 0 spiro atoms. The van der Waals surface area contributed by atoms with E-state index in [2.05, 4.69) is 11.8 Å². The van der Waals surface area contributed by atoms with Crippen LogP contribution in [0, 0.1) is 0 Å². The van der Waals surface area contributed by atoms with Crippen molar-refractivity contribution in [1.29, 1.82) is 0 Å². The number of anilines is 1. The predicted molar refractivity (Wildman–Crippen MR) is 71.0 cm³/mol. The van der Waals surface area contributed by atoms with Gasteiger partial charge in [0.05, 0.1) is 25.9 Å². The maximum absolute atomic E-state index is 9.42. The van der Waals surface area contributed by atoms with Gasteiger partial charge in [-0.1, -0.05) is 11.6 Å². The molecule has 0 amide bonds. The van der Waals surface area contributed by atoms with Gasteiger partial charge in [-0.05, 0) is 25.1 Å². The lowest BCUT2D eigenvalue weighted by atomic mass is 10.1. The van der Waals surface area contributed by atoms with E-state index >= 15 is 0 Å². The Bertz CT molecular complexity index is 413. The summed E-state index contributed by atoms with van der Waals surface area (Å²) in [4.78, 5) is 2.15. The molecule has 1 aliphatic rings. The monoisotopic (exact) mass is 271 g/mol. The van der Waals surface area contributed by atoms with Gasteiger partial charge in [-0.3, -0.25) is 0 Å². The molecule has 2 rings (SSSR count). The molecule has 0 aromatic heterocycles. The Morgan fingerprint density at radius 3 is 2.89 bits per heavy atom. The van der Waals surface area contributed by atoms with Gasteiger partial charge in [0, 0.05) is 28.9 Å². The van der Waals surface area contributed by atoms with Crippen molar-refractivity contribution in [3.63, 3.8) is 0 Å². The van der Waals surface area contributed by atoms with E-state index in [1.54, 1.807) is 6.07 Å². The molecule has 4 nitrogen and oxygen atoms in total. The summed E-state index contributed by atoms with van der Waals surface area (Å²) in [5.74, 6) is 0. The third-order valence-electron chi connectivity index (χ3n) is 3.23. The van der Waals surface area contributed by atoms with Crippen LogP contribution in [0.3, 0.4) is 0 Å². The number of aliphatic hydroxyl groups excluding tert-OH is 2. The fourth-order valence-electron chi connectivity index (χ4n) is 2.22.